The quantitative estimate of drug-likeness (QED) is 0.338. The number of halogens is 1. The first-order chi connectivity index (χ1) is 10.6. The van der Waals surface area contributed by atoms with E-state index in [1.165, 1.54) is 24.3 Å². The second kappa shape index (κ2) is 7.56. The van der Waals surface area contributed by atoms with Crippen molar-refractivity contribution in [3.63, 3.8) is 0 Å². The maximum absolute atomic E-state index is 11.8. The largest absolute Gasteiger partial charge is 0.490 e. The minimum absolute atomic E-state index is 0.0532. The van der Waals surface area contributed by atoms with Crippen LogP contribution < -0.4 is 4.74 Å². The molecule has 7 heteroatoms. The highest BCUT2D eigenvalue weighted by atomic mass is 79.9. The van der Waals surface area contributed by atoms with E-state index in [4.69, 9.17) is 9.47 Å². The van der Waals surface area contributed by atoms with Gasteiger partial charge >= 0.3 is 5.97 Å². The number of carbonyl (C=O) groups is 1. The van der Waals surface area contributed by atoms with Crippen molar-refractivity contribution in [2.45, 2.75) is 0 Å². The Balaban J connectivity index is 1.81. The molecule has 22 heavy (non-hydrogen) atoms. The average molecular weight is 366 g/mol. The van der Waals surface area contributed by atoms with E-state index in [1.54, 1.807) is 12.1 Å². The summed E-state index contributed by atoms with van der Waals surface area (Å²) in [6.45, 7) is 0.250. The van der Waals surface area contributed by atoms with E-state index < -0.39 is 10.9 Å². The minimum Gasteiger partial charge on any atom is -0.490 e. The van der Waals surface area contributed by atoms with Crippen LogP contribution in [-0.4, -0.2) is 24.1 Å². The maximum Gasteiger partial charge on any atom is 0.338 e. The molecule has 0 aliphatic carbocycles. The van der Waals surface area contributed by atoms with Crippen molar-refractivity contribution >= 4 is 27.6 Å². The Bertz CT molecular complexity index is 672. The molecule has 0 saturated carbocycles. The second-order valence-electron chi connectivity index (χ2n) is 4.25. The Kier molecular flexibility index (Phi) is 5.48. The maximum atomic E-state index is 11.8. The van der Waals surface area contributed by atoms with Crippen molar-refractivity contribution in [2.75, 3.05) is 13.2 Å². The Morgan fingerprint density at radius 2 is 1.86 bits per heavy atom. The summed E-state index contributed by atoms with van der Waals surface area (Å²) in [5, 5.41) is 10.6. The van der Waals surface area contributed by atoms with Crippen molar-refractivity contribution in [3.8, 4) is 5.75 Å². The molecule has 0 N–H and O–H groups in total. The molecule has 0 fully saturated rings. The van der Waals surface area contributed by atoms with Crippen molar-refractivity contribution in [1.29, 1.82) is 0 Å². The lowest BCUT2D eigenvalue weighted by molar-refractivity contribution is -0.384. The summed E-state index contributed by atoms with van der Waals surface area (Å²) >= 11 is 3.32. The molecule has 0 amide bonds. The van der Waals surface area contributed by atoms with Gasteiger partial charge in [-0.3, -0.25) is 10.1 Å². The molecule has 0 unspecified atom stereocenters. The third kappa shape index (κ3) is 4.56. The fraction of sp³-hybridized carbons (Fsp3) is 0.133. The molecule has 0 aliphatic rings. The molecule has 0 bridgehead atoms. The van der Waals surface area contributed by atoms with Crippen LogP contribution in [0.5, 0.6) is 5.75 Å². The van der Waals surface area contributed by atoms with Gasteiger partial charge in [-0.2, -0.15) is 0 Å². The fourth-order valence-electron chi connectivity index (χ4n) is 1.65. The molecule has 0 radical (unpaired) electrons. The molecular formula is C15H12BrNO5. The van der Waals surface area contributed by atoms with E-state index in [-0.39, 0.29) is 24.5 Å². The highest BCUT2D eigenvalue weighted by Crippen LogP contribution is 2.16. The van der Waals surface area contributed by atoms with Crippen LogP contribution in [0.2, 0.25) is 0 Å². The van der Waals surface area contributed by atoms with E-state index in [0.29, 0.717) is 5.75 Å². The smallest absolute Gasteiger partial charge is 0.338 e. The summed E-state index contributed by atoms with van der Waals surface area (Å²) < 4.78 is 11.4. The zero-order valence-corrected chi connectivity index (χ0v) is 13.0. The Morgan fingerprint density at radius 3 is 2.55 bits per heavy atom. The third-order valence-electron chi connectivity index (χ3n) is 2.69. The summed E-state index contributed by atoms with van der Waals surface area (Å²) in [6, 6.07) is 12.6. The molecule has 0 heterocycles. The Labute approximate surface area is 134 Å². The van der Waals surface area contributed by atoms with Crippen LogP contribution >= 0.6 is 15.9 Å². The van der Waals surface area contributed by atoms with Gasteiger partial charge in [-0.15, -0.1) is 0 Å². The number of esters is 1. The van der Waals surface area contributed by atoms with Crippen molar-refractivity contribution < 1.29 is 19.2 Å². The highest BCUT2D eigenvalue weighted by molar-refractivity contribution is 9.10. The number of carbonyl (C=O) groups excluding carboxylic acids is 1. The van der Waals surface area contributed by atoms with E-state index in [0.717, 1.165) is 4.47 Å². The van der Waals surface area contributed by atoms with Crippen molar-refractivity contribution in [2.24, 2.45) is 0 Å². The van der Waals surface area contributed by atoms with Gasteiger partial charge in [-0.1, -0.05) is 22.0 Å². The molecule has 0 aromatic heterocycles. The molecule has 2 rings (SSSR count). The number of hydrogen-bond donors (Lipinski definition) is 0. The van der Waals surface area contributed by atoms with Crippen LogP contribution in [-0.2, 0) is 4.74 Å². The summed E-state index contributed by atoms with van der Waals surface area (Å²) in [7, 11) is 0. The molecule has 114 valence electrons. The first-order valence-electron chi connectivity index (χ1n) is 6.36. The predicted molar refractivity (Wildman–Crippen MR) is 83.0 cm³/mol. The summed E-state index contributed by atoms with van der Waals surface area (Å²) in [5.74, 6) is 0.0395. The standard InChI is InChI=1S/C15H12BrNO5/c16-12-4-6-14(7-5-12)21-8-9-22-15(18)11-2-1-3-13(10-11)17(19)20/h1-7,10H,8-9H2. The topological polar surface area (TPSA) is 78.7 Å². The molecule has 2 aromatic rings. The number of nitro benzene ring substituents is 1. The number of nitro groups is 1. The zero-order chi connectivity index (χ0) is 15.9. The third-order valence-corrected chi connectivity index (χ3v) is 3.22. The minimum atomic E-state index is -0.622. The summed E-state index contributed by atoms with van der Waals surface area (Å²) in [4.78, 5) is 21.9. The van der Waals surface area contributed by atoms with Gasteiger partial charge in [0.05, 0.1) is 10.5 Å². The van der Waals surface area contributed by atoms with Gasteiger partial charge in [0.15, 0.2) is 0 Å². The lowest BCUT2D eigenvalue weighted by Gasteiger charge is -2.07. The van der Waals surface area contributed by atoms with Gasteiger partial charge in [0.25, 0.3) is 5.69 Å². The number of rotatable bonds is 6. The Morgan fingerprint density at radius 1 is 1.14 bits per heavy atom. The number of non-ortho nitro benzene ring substituents is 1. The van der Waals surface area contributed by atoms with Crippen molar-refractivity contribution in [1.82, 2.24) is 0 Å². The van der Waals surface area contributed by atoms with Gasteiger partial charge in [0.1, 0.15) is 19.0 Å². The van der Waals surface area contributed by atoms with Crippen LogP contribution in [0.4, 0.5) is 5.69 Å². The van der Waals surface area contributed by atoms with Gasteiger partial charge in [-0.25, -0.2) is 4.79 Å². The van der Waals surface area contributed by atoms with Crippen LogP contribution in [0.15, 0.2) is 53.0 Å². The Hall–Kier alpha value is -2.41. The van der Waals surface area contributed by atoms with Crippen LogP contribution in [0.3, 0.4) is 0 Å². The molecule has 0 spiro atoms. The normalized spacial score (nSPS) is 10.0. The lowest BCUT2D eigenvalue weighted by atomic mass is 10.2. The predicted octanol–water partition coefficient (Wildman–Crippen LogP) is 3.59. The first kappa shape index (κ1) is 16.0. The summed E-state index contributed by atoms with van der Waals surface area (Å²) in [6.07, 6.45) is 0. The fourth-order valence-corrected chi connectivity index (χ4v) is 1.92. The number of hydrogen-bond acceptors (Lipinski definition) is 5. The number of benzene rings is 2. The molecule has 0 aliphatic heterocycles. The van der Waals surface area contributed by atoms with E-state index in [1.807, 2.05) is 12.1 Å². The molecule has 0 saturated heterocycles. The van der Waals surface area contributed by atoms with Crippen molar-refractivity contribution in [3.05, 3.63) is 68.7 Å². The van der Waals surface area contributed by atoms with Gasteiger partial charge in [0.2, 0.25) is 0 Å². The number of nitrogens with zero attached hydrogens (tertiary/aromatic N) is 1. The van der Waals surface area contributed by atoms with Gasteiger partial charge in [0, 0.05) is 16.6 Å². The van der Waals surface area contributed by atoms with Gasteiger partial charge < -0.3 is 9.47 Å². The van der Waals surface area contributed by atoms with Crippen LogP contribution in [0.1, 0.15) is 10.4 Å². The molecule has 6 nitrogen and oxygen atoms in total. The van der Waals surface area contributed by atoms with E-state index in [2.05, 4.69) is 15.9 Å². The second-order valence-corrected chi connectivity index (χ2v) is 5.16. The summed E-state index contributed by atoms with van der Waals surface area (Å²) in [5.41, 5.74) is -0.0154. The first-order valence-corrected chi connectivity index (χ1v) is 7.15. The zero-order valence-electron chi connectivity index (χ0n) is 11.4. The van der Waals surface area contributed by atoms with Gasteiger partial charge in [-0.05, 0) is 30.3 Å². The average Bonchev–Trinajstić information content (AvgIpc) is 2.53. The SMILES string of the molecule is O=C(OCCOc1ccc(Br)cc1)c1cccc([N+](=O)[O-])c1. The van der Waals surface area contributed by atoms with E-state index >= 15 is 0 Å². The highest BCUT2D eigenvalue weighted by Gasteiger charge is 2.12. The molecule has 0 atom stereocenters. The van der Waals surface area contributed by atoms with Crippen LogP contribution in [0, 0.1) is 10.1 Å². The van der Waals surface area contributed by atoms with Crippen LogP contribution in [0.25, 0.3) is 0 Å². The monoisotopic (exact) mass is 365 g/mol. The number of ether oxygens (including phenoxy) is 2. The van der Waals surface area contributed by atoms with E-state index in [9.17, 15) is 14.9 Å². The molecular weight excluding hydrogens is 354 g/mol. The molecule has 2 aromatic carbocycles. The lowest BCUT2D eigenvalue weighted by Crippen LogP contribution is -2.12.